The Hall–Kier alpha value is -2.67. The molecular formula is C18H21N3O4. The lowest BCUT2D eigenvalue weighted by atomic mass is 10.1. The Balaban J connectivity index is 1.88. The fraction of sp³-hybridized carbons (Fsp3) is 0.389. The molecule has 132 valence electrons. The molecule has 1 aromatic carbocycles. The van der Waals surface area contributed by atoms with Crippen molar-refractivity contribution in [2.75, 3.05) is 25.1 Å². The second-order valence-electron chi connectivity index (χ2n) is 6.56. The van der Waals surface area contributed by atoms with Crippen molar-refractivity contribution in [2.45, 2.75) is 25.6 Å². The molecule has 1 N–H and O–H groups in total. The SMILES string of the molecule is COc1ccc(-c2ccnc(N3CC(C(=O)O)OC(C)(C)C3)n2)cc1. The number of nitrogens with zero attached hydrogens (tertiary/aromatic N) is 3. The van der Waals surface area contributed by atoms with Gasteiger partial charge in [-0.1, -0.05) is 0 Å². The first kappa shape index (κ1) is 17.2. The molecule has 0 saturated carbocycles. The van der Waals surface area contributed by atoms with Gasteiger partial charge in [-0.15, -0.1) is 0 Å². The summed E-state index contributed by atoms with van der Waals surface area (Å²) in [4.78, 5) is 22.2. The molecule has 3 rings (SSSR count). The molecule has 25 heavy (non-hydrogen) atoms. The summed E-state index contributed by atoms with van der Waals surface area (Å²) in [5.41, 5.74) is 1.11. The van der Waals surface area contributed by atoms with Gasteiger partial charge in [0.2, 0.25) is 5.95 Å². The monoisotopic (exact) mass is 343 g/mol. The van der Waals surface area contributed by atoms with Gasteiger partial charge in [0.15, 0.2) is 6.10 Å². The fourth-order valence-electron chi connectivity index (χ4n) is 2.89. The zero-order valence-corrected chi connectivity index (χ0v) is 14.5. The molecule has 1 aromatic heterocycles. The molecule has 1 unspecified atom stereocenters. The highest BCUT2D eigenvalue weighted by Gasteiger charge is 2.38. The first-order valence-corrected chi connectivity index (χ1v) is 8.01. The van der Waals surface area contributed by atoms with Gasteiger partial charge in [0.25, 0.3) is 0 Å². The zero-order valence-electron chi connectivity index (χ0n) is 14.5. The second-order valence-corrected chi connectivity index (χ2v) is 6.56. The van der Waals surface area contributed by atoms with Gasteiger partial charge in [0.1, 0.15) is 5.75 Å². The first-order chi connectivity index (χ1) is 11.9. The number of hydrogen-bond donors (Lipinski definition) is 1. The number of benzene rings is 1. The van der Waals surface area contributed by atoms with E-state index in [1.165, 1.54) is 0 Å². The van der Waals surface area contributed by atoms with Gasteiger partial charge < -0.3 is 19.5 Å². The van der Waals surface area contributed by atoms with Crippen molar-refractivity contribution in [1.82, 2.24) is 9.97 Å². The molecule has 0 radical (unpaired) electrons. The van der Waals surface area contributed by atoms with Gasteiger partial charge in [0.05, 0.1) is 24.9 Å². The van der Waals surface area contributed by atoms with Gasteiger partial charge in [-0.3, -0.25) is 0 Å². The zero-order chi connectivity index (χ0) is 18.0. The number of carbonyl (C=O) groups is 1. The predicted molar refractivity (Wildman–Crippen MR) is 92.8 cm³/mol. The number of rotatable bonds is 4. The predicted octanol–water partition coefficient (Wildman–Crippen LogP) is 2.22. The smallest absolute Gasteiger partial charge is 0.334 e. The van der Waals surface area contributed by atoms with Crippen LogP contribution >= 0.6 is 0 Å². The minimum atomic E-state index is -0.982. The fourth-order valence-corrected chi connectivity index (χ4v) is 2.89. The molecule has 0 amide bonds. The van der Waals surface area contributed by atoms with Crippen LogP contribution in [0.5, 0.6) is 5.75 Å². The van der Waals surface area contributed by atoms with Crippen LogP contribution in [0.4, 0.5) is 5.95 Å². The number of morpholine rings is 1. The van der Waals surface area contributed by atoms with Crippen LogP contribution in [0.25, 0.3) is 11.3 Å². The van der Waals surface area contributed by atoms with E-state index in [1.807, 2.05) is 49.1 Å². The molecule has 1 aliphatic heterocycles. The van der Waals surface area contributed by atoms with Crippen molar-refractivity contribution in [1.29, 1.82) is 0 Å². The standard InChI is InChI=1S/C18H21N3O4/c1-18(2)11-21(10-15(25-18)16(22)23)17-19-9-8-14(20-17)12-4-6-13(24-3)7-5-12/h4-9,15H,10-11H2,1-3H3,(H,22,23). The highest BCUT2D eigenvalue weighted by Crippen LogP contribution is 2.26. The molecule has 7 heteroatoms. The number of methoxy groups -OCH3 is 1. The van der Waals surface area contributed by atoms with Gasteiger partial charge in [0, 0.05) is 18.3 Å². The van der Waals surface area contributed by atoms with E-state index >= 15 is 0 Å². The Labute approximate surface area is 146 Å². The maximum Gasteiger partial charge on any atom is 0.334 e. The molecule has 1 saturated heterocycles. The Morgan fingerprint density at radius 1 is 1.32 bits per heavy atom. The van der Waals surface area contributed by atoms with E-state index in [0.717, 1.165) is 17.0 Å². The third-order valence-corrected chi connectivity index (χ3v) is 4.01. The minimum absolute atomic E-state index is 0.213. The highest BCUT2D eigenvalue weighted by atomic mass is 16.5. The van der Waals surface area contributed by atoms with E-state index in [1.54, 1.807) is 13.3 Å². The molecule has 0 aliphatic carbocycles. The summed E-state index contributed by atoms with van der Waals surface area (Å²) in [5.74, 6) is 0.289. The van der Waals surface area contributed by atoms with Crippen LogP contribution in [0.1, 0.15) is 13.8 Å². The van der Waals surface area contributed by atoms with Crippen LogP contribution in [-0.4, -0.2) is 52.9 Å². The molecule has 1 fully saturated rings. The molecule has 1 aliphatic rings. The Kier molecular flexibility index (Phi) is 4.59. The van der Waals surface area contributed by atoms with E-state index in [9.17, 15) is 9.90 Å². The van der Waals surface area contributed by atoms with Crippen molar-refractivity contribution in [3.05, 3.63) is 36.5 Å². The minimum Gasteiger partial charge on any atom is -0.497 e. The largest absolute Gasteiger partial charge is 0.497 e. The van der Waals surface area contributed by atoms with E-state index < -0.39 is 17.7 Å². The molecule has 2 aromatic rings. The normalized spacial score (nSPS) is 19.5. The number of carboxylic acid groups (broad SMARTS) is 1. The lowest BCUT2D eigenvalue weighted by molar-refractivity contribution is -0.163. The lowest BCUT2D eigenvalue weighted by Crippen LogP contribution is -2.55. The van der Waals surface area contributed by atoms with Crippen molar-refractivity contribution in [3.63, 3.8) is 0 Å². The molecule has 0 bridgehead atoms. The summed E-state index contributed by atoms with van der Waals surface area (Å²) in [5, 5.41) is 9.31. The maximum absolute atomic E-state index is 11.4. The lowest BCUT2D eigenvalue weighted by Gasteiger charge is -2.41. The highest BCUT2D eigenvalue weighted by molar-refractivity contribution is 5.73. The van der Waals surface area contributed by atoms with Gasteiger partial charge >= 0.3 is 5.97 Å². The Bertz CT molecular complexity index is 761. The van der Waals surface area contributed by atoms with E-state index in [2.05, 4.69) is 9.97 Å². The number of anilines is 1. The van der Waals surface area contributed by atoms with Crippen LogP contribution in [0, 0.1) is 0 Å². The third kappa shape index (κ3) is 3.88. The third-order valence-electron chi connectivity index (χ3n) is 4.01. The summed E-state index contributed by atoms with van der Waals surface area (Å²) in [6.45, 7) is 4.46. The van der Waals surface area contributed by atoms with Crippen LogP contribution in [0.2, 0.25) is 0 Å². The second kappa shape index (κ2) is 6.68. The van der Waals surface area contributed by atoms with Crippen molar-refractivity contribution in [2.24, 2.45) is 0 Å². The van der Waals surface area contributed by atoms with Crippen molar-refractivity contribution in [3.8, 4) is 17.0 Å². The number of aliphatic carboxylic acids is 1. The number of carboxylic acids is 1. The van der Waals surface area contributed by atoms with Crippen molar-refractivity contribution >= 4 is 11.9 Å². The first-order valence-electron chi connectivity index (χ1n) is 8.01. The van der Waals surface area contributed by atoms with Crippen LogP contribution in [-0.2, 0) is 9.53 Å². The van der Waals surface area contributed by atoms with Gasteiger partial charge in [-0.05, 0) is 44.2 Å². The quantitative estimate of drug-likeness (QED) is 0.911. The Morgan fingerprint density at radius 2 is 2.04 bits per heavy atom. The van der Waals surface area contributed by atoms with E-state index in [0.29, 0.717) is 12.5 Å². The van der Waals surface area contributed by atoms with Gasteiger partial charge in [-0.2, -0.15) is 0 Å². The Morgan fingerprint density at radius 3 is 2.68 bits per heavy atom. The molecule has 0 spiro atoms. The molecule has 7 nitrogen and oxygen atoms in total. The molecular weight excluding hydrogens is 322 g/mol. The number of aromatic nitrogens is 2. The summed E-state index contributed by atoms with van der Waals surface area (Å²) in [7, 11) is 1.62. The summed E-state index contributed by atoms with van der Waals surface area (Å²) >= 11 is 0. The van der Waals surface area contributed by atoms with Gasteiger partial charge in [-0.25, -0.2) is 14.8 Å². The van der Waals surface area contributed by atoms with Crippen LogP contribution in [0.15, 0.2) is 36.5 Å². The topological polar surface area (TPSA) is 84.8 Å². The number of hydrogen-bond acceptors (Lipinski definition) is 6. The average molecular weight is 343 g/mol. The van der Waals surface area contributed by atoms with E-state index in [-0.39, 0.29) is 6.54 Å². The maximum atomic E-state index is 11.4. The van der Waals surface area contributed by atoms with Crippen LogP contribution in [0.3, 0.4) is 0 Å². The average Bonchev–Trinajstić information content (AvgIpc) is 2.60. The summed E-state index contributed by atoms with van der Waals surface area (Å²) in [6, 6.07) is 9.42. The summed E-state index contributed by atoms with van der Waals surface area (Å²) in [6.07, 6.45) is 0.775. The van der Waals surface area contributed by atoms with E-state index in [4.69, 9.17) is 9.47 Å². The summed E-state index contributed by atoms with van der Waals surface area (Å²) < 4.78 is 10.8. The van der Waals surface area contributed by atoms with Crippen molar-refractivity contribution < 1.29 is 19.4 Å². The van der Waals surface area contributed by atoms with Crippen LogP contribution < -0.4 is 9.64 Å². The molecule has 2 heterocycles. The number of ether oxygens (including phenoxy) is 2. The molecule has 1 atom stereocenters.